The van der Waals surface area contributed by atoms with Crippen molar-refractivity contribution in [3.8, 4) is 0 Å². The van der Waals surface area contributed by atoms with Crippen LogP contribution in [-0.2, 0) is 9.59 Å². The van der Waals surface area contributed by atoms with Crippen molar-refractivity contribution in [1.29, 1.82) is 0 Å². The van der Waals surface area contributed by atoms with E-state index in [1.165, 1.54) is 13.8 Å². The normalized spacial score (nSPS) is 7.25. The van der Waals surface area contributed by atoms with Gasteiger partial charge < -0.3 is 2.85 Å². The van der Waals surface area contributed by atoms with E-state index in [0.29, 0.717) is 0 Å². The molecule has 0 aliphatic rings. The molecule has 0 aliphatic carbocycles. The minimum atomic E-state index is -0.0625. The summed E-state index contributed by atoms with van der Waals surface area (Å²) in [4.78, 5) is 20.1. The number of rotatable bonds is 2. The van der Waals surface area contributed by atoms with Crippen molar-refractivity contribution in [2.24, 2.45) is 0 Å². The summed E-state index contributed by atoms with van der Waals surface area (Å²) >= 11 is 0. The smallest absolute Gasteiger partial charge is 1.00 e. The van der Waals surface area contributed by atoms with Gasteiger partial charge in [-0.3, -0.25) is 9.59 Å². The van der Waals surface area contributed by atoms with Crippen molar-refractivity contribution >= 4 is 21.7 Å². The van der Waals surface area contributed by atoms with Gasteiger partial charge in [-0.25, -0.2) is 0 Å². The number of hydrogen-bond acceptors (Lipinski definition) is 2. The molecule has 0 aromatic heterocycles. The van der Waals surface area contributed by atoms with Crippen molar-refractivity contribution < 1.29 is 12.4 Å². The molecule has 0 aromatic rings. The van der Waals surface area contributed by atoms with E-state index in [1.54, 1.807) is 0 Å². The molecule has 0 amide bonds. The summed E-state index contributed by atoms with van der Waals surface area (Å²) in [5.74, 6) is -0.125. The minimum absolute atomic E-state index is 0. The van der Waals surface area contributed by atoms with Gasteiger partial charge >= 0.3 is 10.1 Å². The summed E-state index contributed by atoms with van der Waals surface area (Å²) < 4.78 is 0. The number of carbonyl (C=O) groups excluding carboxylic acids is 2. The third-order valence-electron chi connectivity index (χ3n) is 0.498. The van der Waals surface area contributed by atoms with Gasteiger partial charge in [0.05, 0.1) is 6.42 Å². The fraction of sp³-hybridized carbons (Fsp3) is 0.600. The van der Waals surface area contributed by atoms with Crippen molar-refractivity contribution in [1.82, 2.24) is 0 Å². The molecule has 0 saturated carbocycles. The molecule has 0 radical (unpaired) electrons. The van der Waals surface area contributed by atoms with E-state index in [1.807, 2.05) is 0 Å². The van der Waals surface area contributed by atoms with E-state index in [-0.39, 0.29) is 31.0 Å². The molecule has 0 spiro atoms. The van der Waals surface area contributed by atoms with Crippen LogP contribution < -0.4 is 0 Å². The molecule has 8 heavy (non-hydrogen) atoms. The van der Waals surface area contributed by atoms with Gasteiger partial charge in [-0.1, -0.05) is 0 Å². The maximum absolute atomic E-state index is 10.0. The molecule has 0 N–H and O–H groups in total. The van der Waals surface area contributed by atoms with Crippen LogP contribution in [0.25, 0.3) is 0 Å². The summed E-state index contributed by atoms with van der Waals surface area (Å²) in [6, 6.07) is 0. The van der Waals surface area contributed by atoms with Crippen molar-refractivity contribution in [3.63, 3.8) is 0 Å². The number of ketones is 2. The van der Waals surface area contributed by atoms with E-state index in [4.69, 9.17) is 0 Å². The fourth-order valence-corrected chi connectivity index (χ4v) is 0.351. The topological polar surface area (TPSA) is 34.1 Å². The Morgan fingerprint density at radius 3 is 1.50 bits per heavy atom. The molecule has 0 atom stereocenters. The second kappa shape index (κ2) is 4.66. The molecule has 0 saturated heterocycles. The predicted molar refractivity (Wildman–Crippen MR) is 34.0 cm³/mol. The molecule has 3 heteroatoms. The monoisotopic (exact) mass is 111 g/mol. The first-order chi connectivity index (χ1) is 3.13. The van der Waals surface area contributed by atoms with Gasteiger partial charge in [-0.05, 0) is 13.8 Å². The Kier molecular flexibility index (Phi) is 6.11. The van der Waals surface area contributed by atoms with Crippen LogP contribution in [0.1, 0.15) is 23.1 Å². The number of Topliss-reactive ketones (excluding diaryl/α,β-unsaturated/α-hetero) is 2. The molecular weight excluding hydrogens is 101 g/mol. The largest absolute Gasteiger partial charge is 2.00 e. The maximum atomic E-state index is 10.0. The quantitative estimate of drug-likeness (QED) is 0.382. The second-order valence-electron chi connectivity index (χ2n) is 1.58. The predicted octanol–water partition coefficient (Wildman–Crippen LogP) is 0.399. The summed E-state index contributed by atoms with van der Waals surface area (Å²) in [6.45, 7) is 2.81. The zero-order valence-electron chi connectivity index (χ0n) is 7.23. The van der Waals surface area contributed by atoms with E-state index in [2.05, 4.69) is 0 Å². The Morgan fingerprint density at radius 1 is 1.25 bits per heavy atom. The zero-order chi connectivity index (χ0) is 5.86. The third-order valence-corrected chi connectivity index (χ3v) is 0.498. The van der Waals surface area contributed by atoms with E-state index >= 15 is 0 Å². The average molecular weight is 111 g/mol. The Labute approximate surface area is 55.5 Å². The van der Waals surface area contributed by atoms with Crippen LogP contribution in [-0.4, -0.2) is 21.7 Å². The van der Waals surface area contributed by atoms with Gasteiger partial charge in [-0.15, -0.1) is 0 Å². The average Bonchev–Trinajstić information content (AvgIpc) is 1.27. The SMILES string of the molecule is CC(=O)CC(C)=O.[Be+2].[H-].[H-]. The molecule has 0 rings (SSSR count). The summed E-state index contributed by atoms with van der Waals surface area (Å²) in [5, 5.41) is 0. The van der Waals surface area contributed by atoms with Crippen LogP contribution in [0.3, 0.4) is 0 Å². The third kappa shape index (κ3) is 9.10. The van der Waals surface area contributed by atoms with Crippen LogP contribution in [0.4, 0.5) is 0 Å². The second-order valence-corrected chi connectivity index (χ2v) is 1.58. The van der Waals surface area contributed by atoms with Crippen LogP contribution in [0.5, 0.6) is 0 Å². The van der Waals surface area contributed by atoms with Crippen LogP contribution in [0.2, 0.25) is 0 Å². The molecule has 0 aromatic carbocycles. The zero-order valence-corrected chi connectivity index (χ0v) is 5.23. The molecule has 0 fully saturated rings. The van der Waals surface area contributed by atoms with E-state index in [9.17, 15) is 9.59 Å². The molecule has 44 valence electrons. The Morgan fingerprint density at radius 2 is 1.50 bits per heavy atom. The van der Waals surface area contributed by atoms with Gasteiger partial charge in [0.15, 0.2) is 0 Å². The summed E-state index contributed by atoms with van der Waals surface area (Å²) in [6.07, 6.45) is 0.0833. The van der Waals surface area contributed by atoms with E-state index < -0.39 is 0 Å². The first-order valence-electron chi connectivity index (χ1n) is 2.12. The van der Waals surface area contributed by atoms with Crippen LogP contribution in [0, 0.1) is 0 Å². The Bertz CT molecular complexity index is 93.8. The van der Waals surface area contributed by atoms with Crippen molar-refractivity contribution in [3.05, 3.63) is 0 Å². The van der Waals surface area contributed by atoms with Crippen molar-refractivity contribution in [2.45, 2.75) is 20.3 Å². The van der Waals surface area contributed by atoms with Crippen LogP contribution >= 0.6 is 0 Å². The number of hydrogen-bond donors (Lipinski definition) is 0. The van der Waals surface area contributed by atoms with Gasteiger partial charge in [-0.2, -0.15) is 0 Å². The van der Waals surface area contributed by atoms with E-state index in [0.717, 1.165) is 0 Å². The first kappa shape index (κ1) is 10.5. The van der Waals surface area contributed by atoms with Gasteiger partial charge in [0.2, 0.25) is 0 Å². The molecule has 0 bridgehead atoms. The fourth-order valence-electron chi connectivity index (χ4n) is 0.351. The van der Waals surface area contributed by atoms with Gasteiger partial charge in [0.1, 0.15) is 11.6 Å². The Balaban J connectivity index is -0.0000000600. The van der Waals surface area contributed by atoms with Gasteiger partial charge in [0, 0.05) is 0 Å². The summed E-state index contributed by atoms with van der Waals surface area (Å²) in [7, 11) is 0. The molecule has 0 unspecified atom stereocenters. The molecular formula is C5H10BeO2. The minimum Gasteiger partial charge on any atom is -1.00 e. The Hall–Kier alpha value is -0.491. The summed E-state index contributed by atoms with van der Waals surface area (Å²) in [5.41, 5.74) is 0. The van der Waals surface area contributed by atoms with Crippen molar-refractivity contribution in [2.75, 3.05) is 0 Å². The standard InChI is InChI=1S/C5H8O2.Be.2H/c1-4(6)3-5(2)7;;;/h3H2,1-2H3;;;/q;+2;2*-1. The number of carbonyl (C=O) groups is 2. The first-order valence-corrected chi connectivity index (χ1v) is 2.12. The van der Waals surface area contributed by atoms with Gasteiger partial charge in [0.25, 0.3) is 0 Å². The van der Waals surface area contributed by atoms with Crippen LogP contribution in [0.15, 0.2) is 0 Å². The molecule has 0 heterocycles. The molecule has 0 aliphatic heterocycles. The molecule has 2 nitrogen and oxygen atoms in total. The maximum Gasteiger partial charge on any atom is 2.00 e.